The molecule has 1 aliphatic rings. The van der Waals surface area contributed by atoms with E-state index in [4.69, 9.17) is 4.74 Å². The molecule has 0 heterocycles. The molecule has 0 unspecified atom stereocenters. The molecular weight excluding hydrogens is 210 g/mol. The van der Waals surface area contributed by atoms with Crippen LogP contribution in [0, 0.1) is 5.92 Å². The van der Waals surface area contributed by atoms with Crippen LogP contribution in [-0.4, -0.2) is 24.8 Å². The Kier molecular flexibility index (Phi) is 6.50. The van der Waals surface area contributed by atoms with Crippen molar-refractivity contribution in [1.29, 1.82) is 0 Å². The molecule has 0 aromatic carbocycles. The molecule has 1 fully saturated rings. The van der Waals surface area contributed by atoms with Crippen molar-refractivity contribution in [3.63, 3.8) is 0 Å². The molecule has 0 aliphatic heterocycles. The minimum absolute atomic E-state index is 0.0188. The van der Waals surface area contributed by atoms with Crippen molar-refractivity contribution in [3.05, 3.63) is 0 Å². The van der Waals surface area contributed by atoms with E-state index in [0.29, 0.717) is 0 Å². The van der Waals surface area contributed by atoms with Gasteiger partial charge >= 0.3 is 0 Å². The molecule has 0 aromatic heterocycles. The third-order valence-corrected chi connectivity index (χ3v) is 3.90. The average molecular weight is 241 g/mol. The molecule has 1 rings (SSSR count). The highest BCUT2D eigenvalue weighted by atomic mass is 16.5. The molecule has 1 N–H and O–H groups in total. The molecule has 0 radical (unpaired) electrons. The SMILES string of the molecule is CCCC1CCC(NCC(C)(C)OCC)CC1. The van der Waals surface area contributed by atoms with E-state index in [1.165, 1.54) is 38.5 Å². The first-order chi connectivity index (χ1) is 8.07. The van der Waals surface area contributed by atoms with Crippen LogP contribution in [0.5, 0.6) is 0 Å². The summed E-state index contributed by atoms with van der Waals surface area (Å²) in [4.78, 5) is 0. The van der Waals surface area contributed by atoms with Crippen molar-refractivity contribution in [2.75, 3.05) is 13.2 Å². The fourth-order valence-electron chi connectivity index (χ4n) is 2.90. The highest BCUT2D eigenvalue weighted by Gasteiger charge is 2.23. The van der Waals surface area contributed by atoms with E-state index in [-0.39, 0.29) is 5.60 Å². The lowest BCUT2D eigenvalue weighted by molar-refractivity contribution is -0.0116. The van der Waals surface area contributed by atoms with E-state index >= 15 is 0 Å². The van der Waals surface area contributed by atoms with E-state index in [2.05, 4.69) is 33.0 Å². The Hall–Kier alpha value is -0.0800. The molecule has 0 aromatic rings. The third kappa shape index (κ3) is 5.87. The molecular formula is C15H31NO. The predicted octanol–water partition coefficient (Wildman–Crippen LogP) is 3.75. The summed E-state index contributed by atoms with van der Waals surface area (Å²) in [5.41, 5.74) is -0.0188. The van der Waals surface area contributed by atoms with E-state index in [9.17, 15) is 0 Å². The summed E-state index contributed by atoms with van der Waals surface area (Å²) in [5.74, 6) is 0.998. The molecule has 0 amide bonds. The van der Waals surface area contributed by atoms with Crippen LogP contribution in [0.15, 0.2) is 0 Å². The lowest BCUT2D eigenvalue weighted by atomic mass is 9.83. The summed E-state index contributed by atoms with van der Waals surface area (Å²) < 4.78 is 5.72. The molecule has 0 spiro atoms. The van der Waals surface area contributed by atoms with Crippen molar-refractivity contribution in [3.8, 4) is 0 Å². The van der Waals surface area contributed by atoms with Crippen molar-refractivity contribution < 1.29 is 4.74 Å². The normalized spacial score (nSPS) is 26.1. The van der Waals surface area contributed by atoms with Crippen LogP contribution in [0.4, 0.5) is 0 Å². The minimum Gasteiger partial charge on any atom is -0.375 e. The Morgan fingerprint density at radius 1 is 1.12 bits per heavy atom. The van der Waals surface area contributed by atoms with Crippen LogP contribution in [0.3, 0.4) is 0 Å². The predicted molar refractivity (Wildman–Crippen MR) is 74.4 cm³/mol. The van der Waals surface area contributed by atoms with Gasteiger partial charge in [-0.1, -0.05) is 19.8 Å². The molecule has 17 heavy (non-hydrogen) atoms. The summed E-state index contributed by atoms with van der Waals surface area (Å²) in [6, 6.07) is 0.725. The molecule has 0 atom stereocenters. The Morgan fingerprint density at radius 3 is 2.29 bits per heavy atom. The van der Waals surface area contributed by atoms with Gasteiger partial charge in [-0.3, -0.25) is 0 Å². The summed E-state index contributed by atoms with van der Waals surface area (Å²) >= 11 is 0. The highest BCUT2D eigenvalue weighted by molar-refractivity contribution is 4.80. The van der Waals surface area contributed by atoms with Gasteiger partial charge in [-0.15, -0.1) is 0 Å². The fourth-order valence-corrected chi connectivity index (χ4v) is 2.90. The first-order valence-electron chi connectivity index (χ1n) is 7.44. The standard InChI is InChI=1S/C15H31NO/c1-5-7-13-8-10-14(11-9-13)16-12-15(3,4)17-6-2/h13-14,16H,5-12H2,1-4H3. The zero-order valence-corrected chi connectivity index (χ0v) is 12.2. The lowest BCUT2D eigenvalue weighted by Crippen LogP contribution is -2.43. The zero-order chi connectivity index (χ0) is 12.7. The lowest BCUT2D eigenvalue weighted by Gasteiger charge is -2.32. The molecule has 2 heteroatoms. The van der Waals surface area contributed by atoms with Crippen molar-refractivity contribution in [1.82, 2.24) is 5.32 Å². The van der Waals surface area contributed by atoms with Gasteiger partial charge in [0.15, 0.2) is 0 Å². The Morgan fingerprint density at radius 2 is 1.76 bits per heavy atom. The Labute approximate surface area is 108 Å². The van der Waals surface area contributed by atoms with Crippen LogP contribution in [0.1, 0.15) is 66.2 Å². The maximum Gasteiger partial charge on any atom is 0.0750 e. The molecule has 0 bridgehead atoms. The van der Waals surface area contributed by atoms with Crippen LogP contribution in [0.25, 0.3) is 0 Å². The highest BCUT2D eigenvalue weighted by Crippen LogP contribution is 2.27. The zero-order valence-electron chi connectivity index (χ0n) is 12.2. The fraction of sp³-hybridized carbons (Fsp3) is 1.00. The molecule has 0 saturated heterocycles. The van der Waals surface area contributed by atoms with E-state index in [1.807, 2.05) is 0 Å². The monoisotopic (exact) mass is 241 g/mol. The summed E-state index contributed by atoms with van der Waals surface area (Å²) in [7, 11) is 0. The smallest absolute Gasteiger partial charge is 0.0750 e. The van der Waals surface area contributed by atoms with E-state index in [1.54, 1.807) is 0 Å². The van der Waals surface area contributed by atoms with Gasteiger partial charge in [0.25, 0.3) is 0 Å². The first-order valence-corrected chi connectivity index (χ1v) is 7.44. The number of ether oxygens (including phenoxy) is 1. The third-order valence-electron chi connectivity index (χ3n) is 3.90. The van der Waals surface area contributed by atoms with Gasteiger partial charge in [0, 0.05) is 19.2 Å². The van der Waals surface area contributed by atoms with Gasteiger partial charge in [-0.25, -0.2) is 0 Å². The number of nitrogens with one attached hydrogen (secondary N) is 1. The second kappa shape index (κ2) is 7.38. The van der Waals surface area contributed by atoms with Crippen LogP contribution in [0.2, 0.25) is 0 Å². The number of hydrogen-bond acceptors (Lipinski definition) is 2. The van der Waals surface area contributed by atoms with Crippen LogP contribution in [-0.2, 0) is 4.74 Å². The largest absolute Gasteiger partial charge is 0.375 e. The molecule has 1 aliphatic carbocycles. The van der Waals surface area contributed by atoms with Gasteiger partial charge in [0.05, 0.1) is 5.60 Å². The van der Waals surface area contributed by atoms with Gasteiger partial charge in [0.2, 0.25) is 0 Å². The topological polar surface area (TPSA) is 21.3 Å². The second-order valence-corrected chi connectivity index (χ2v) is 6.08. The maximum atomic E-state index is 5.72. The van der Waals surface area contributed by atoms with Gasteiger partial charge in [-0.05, 0) is 52.4 Å². The molecule has 102 valence electrons. The van der Waals surface area contributed by atoms with Crippen LogP contribution >= 0.6 is 0 Å². The Bertz CT molecular complexity index is 195. The quantitative estimate of drug-likeness (QED) is 0.733. The first kappa shape index (κ1) is 15.0. The minimum atomic E-state index is -0.0188. The number of rotatable bonds is 7. The van der Waals surface area contributed by atoms with E-state index < -0.39 is 0 Å². The van der Waals surface area contributed by atoms with E-state index in [0.717, 1.165) is 25.1 Å². The maximum absolute atomic E-state index is 5.72. The molecule has 2 nitrogen and oxygen atoms in total. The summed E-state index contributed by atoms with van der Waals surface area (Å²) in [6.07, 6.45) is 8.32. The van der Waals surface area contributed by atoms with Crippen molar-refractivity contribution in [2.24, 2.45) is 5.92 Å². The number of hydrogen-bond donors (Lipinski definition) is 1. The summed E-state index contributed by atoms with van der Waals surface area (Å²) in [6.45, 7) is 10.5. The van der Waals surface area contributed by atoms with Gasteiger partial charge < -0.3 is 10.1 Å². The van der Waals surface area contributed by atoms with Crippen LogP contribution < -0.4 is 5.32 Å². The van der Waals surface area contributed by atoms with Gasteiger partial charge in [0.1, 0.15) is 0 Å². The molecule has 1 saturated carbocycles. The second-order valence-electron chi connectivity index (χ2n) is 6.08. The van der Waals surface area contributed by atoms with Crippen molar-refractivity contribution >= 4 is 0 Å². The van der Waals surface area contributed by atoms with Crippen molar-refractivity contribution in [2.45, 2.75) is 77.9 Å². The Balaban J connectivity index is 2.17. The average Bonchev–Trinajstić information content (AvgIpc) is 2.29. The van der Waals surface area contributed by atoms with Gasteiger partial charge in [-0.2, -0.15) is 0 Å². The summed E-state index contributed by atoms with van der Waals surface area (Å²) in [5, 5.41) is 3.68.